The monoisotopic (exact) mass is 585 g/mol. The largest absolute Gasteiger partial charge is 0.417 e. The Morgan fingerprint density at radius 2 is 1.59 bits per heavy atom. The summed E-state index contributed by atoms with van der Waals surface area (Å²) in [5.74, 6) is -2.17. The molecule has 0 bridgehead atoms. The summed E-state index contributed by atoms with van der Waals surface area (Å²) < 4.78 is 97.5. The number of piperazine rings is 1. The van der Waals surface area contributed by atoms with Gasteiger partial charge in [0, 0.05) is 68.0 Å². The van der Waals surface area contributed by atoms with Gasteiger partial charge in [-0.05, 0) is 39.1 Å². The van der Waals surface area contributed by atoms with Crippen molar-refractivity contribution in [3.05, 3.63) is 75.7 Å². The third-order valence-electron chi connectivity index (χ3n) is 7.19. The second kappa shape index (κ2) is 10.8. The molecule has 3 aromatic rings. The molecule has 4 rings (SSSR count). The van der Waals surface area contributed by atoms with Crippen molar-refractivity contribution >= 4 is 17.3 Å². The van der Waals surface area contributed by atoms with Crippen molar-refractivity contribution in [2.24, 2.45) is 7.05 Å². The Hall–Kier alpha value is -3.94. The van der Waals surface area contributed by atoms with E-state index in [1.165, 1.54) is 7.05 Å². The van der Waals surface area contributed by atoms with E-state index in [1.807, 2.05) is 20.9 Å². The molecule has 1 aliphatic rings. The summed E-state index contributed by atoms with van der Waals surface area (Å²) >= 11 is 0. The van der Waals surface area contributed by atoms with Gasteiger partial charge in [0.2, 0.25) is 0 Å². The van der Waals surface area contributed by atoms with Crippen molar-refractivity contribution in [3.63, 3.8) is 0 Å². The zero-order valence-electron chi connectivity index (χ0n) is 22.4. The number of aryl methyl sites for hydroxylation is 1. The van der Waals surface area contributed by atoms with Crippen LogP contribution in [0.5, 0.6) is 0 Å². The van der Waals surface area contributed by atoms with Crippen LogP contribution in [-0.4, -0.2) is 52.6 Å². The van der Waals surface area contributed by atoms with E-state index in [0.29, 0.717) is 31.4 Å². The topological polar surface area (TPSA) is 70.5 Å². The summed E-state index contributed by atoms with van der Waals surface area (Å²) in [5.41, 5.74) is -5.06. The van der Waals surface area contributed by atoms with Crippen LogP contribution in [0.15, 0.2) is 47.7 Å². The van der Waals surface area contributed by atoms with Gasteiger partial charge in [0.05, 0.1) is 28.1 Å². The van der Waals surface area contributed by atoms with Gasteiger partial charge in [0.15, 0.2) is 0 Å². The van der Waals surface area contributed by atoms with Crippen molar-refractivity contribution < 1.29 is 35.5 Å². The predicted molar refractivity (Wildman–Crippen MR) is 138 cm³/mol. The standard InChI is InChI=1S/C27H26F7N5O2/c1-14-11-39(12-15(2)38(14)4)23-8-21(28)18(16-5-17(10-35-9-16)26(29,30)31)6-22(23)36-25(41)19-13-37(3)24(40)7-20(19)27(32,33)34/h5-10,13-15H,11-12H2,1-4H3,(H,36,41)/t14-,15?/m1/s1. The van der Waals surface area contributed by atoms with Crippen LogP contribution in [0.2, 0.25) is 0 Å². The molecule has 2 aromatic heterocycles. The molecule has 0 saturated carbocycles. The second-order valence-electron chi connectivity index (χ2n) is 10.1. The number of benzene rings is 1. The third kappa shape index (κ3) is 6.21. The Morgan fingerprint density at radius 1 is 0.951 bits per heavy atom. The van der Waals surface area contributed by atoms with E-state index in [0.717, 1.165) is 29.1 Å². The molecule has 0 aliphatic carbocycles. The fourth-order valence-electron chi connectivity index (χ4n) is 4.72. The molecule has 1 amide bonds. The first-order chi connectivity index (χ1) is 19.0. The van der Waals surface area contributed by atoms with Crippen LogP contribution in [0.3, 0.4) is 0 Å². The van der Waals surface area contributed by atoms with Crippen LogP contribution in [-0.2, 0) is 19.4 Å². The molecular formula is C27H26F7N5O2. The lowest BCUT2D eigenvalue weighted by Crippen LogP contribution is -2.55. The van der Waals surface area contributed by atoms with Crippen molar-refractivity contribution in [3.8, 4) is 11.1 Å². The number of carbonyl (C=O) groups is 1. The molecule has 0 spiro atoms. The number of rotatable bonds is 4. The summed E-state index contributed by atoms with van der Waals surface area (Å²) in [6.45, 7) is 4.56. The maximum Gasteiger partial charge on any atom is 0.417 e. The van der Waals surface area contributed by atoms with Gasteiger partial charge >= 0.3 is 12.4 Å². The number of nitrogens with zero attached hydrogens (tertiary/aromatic N) is 4. The molecule has 1 saturated heterocycles. The minimum absolute atomic E-state index is 0.0295. The minimum atomic E-state index is -5.04. The van der Waals surface area contributed by atoms with Gasteiger partial charge in [0.1, 0.15) is 5.82 Å². The first-order valence-electron chi connectivity index (χ1n) is 12.4. The quantitative estimate of drug-likeness (QED) is 0.415. The Morgan fingerprint density at radius 3 is 2.17 bits per heavy atom. The Kier molecular flexibility index (Phi) is 7.91. The summed E-state index contributed by atoms with van der Waals surface area (Å²) in [6, 6.07) is 3.02. The van der Waals surface area contributed by atoms with Gasteiger partial charge in [-0.3, -0.25) is 19.5 Å². The van der Waals surface area contributed by atoms with Crippen LogP contribution in [0, 0.1) is 5.82 Å². The second-order valence-corrected chi connectivity index (χ2v) is 10.1. The molecule has 14 heteroatoms. The molecule has 41 heavy (non-hydrogen) atoms. The molecule has 220 valence electrons. The number of halogens is 7. The van der Waals surface area contributed by atoms with Crippen molar-refractivity contribution in [2.45, 2.75) is 38.3 Å². The van der Waals surface area contributed by atoms with Gasteiger partial charge < -0.3 is 14.8 Å². The Balaban J connectivity index is 1.86. The smallest absolute Gasteiger partial charge is 0.367 e. The maximum atomic E-state index is 15.5. The molecule has 3 heterocycles. The van der Waals surface area contributed by atoms with Crippen LogP contribution in [0.1, 0.15) is 35.3 Å². The van der Waals surface area contributed by atoms with Crippen LogP contribution < -0.4 is 15.8 Å². The molecule has 1 unspecified atom stereocenters. The van der Waals surface area contributed by atoms with E-state index < -0.39 is 46.3 Å². The highest BCUT2D eigenvalue weighted by Crippen LogP contribution is 2.38. The van der Waals surface area contributed by atoms with Gasteiger partial charge in [0.25, 0.3) is 11.5 Å². The molecule has 1 aromatic carbocycles. The number of anilines is 2. The highest BCUT2D eigenvalue weighted by atomic mass is 19.4. The first-order valence-corrected chi connectivity index (χ1v) is 12.4. The first kappa shape index (κ1) is 30.0. The molecule has 2 atom stereocenters. The van der Waals surface area contributed by atoms with Crippen molar-refractivity contribution in [1.82, 2.24) is 14.5 Å². The molecule has 1 aliphatic heterocycles. The lowest BCUT2D eigenvalue weighted by Gasteiger charge is -2.44. The molecule has 7 nitrogen and oxygen atoms in total. The SMILES string of the molecule is CC1CN(c2cc(F)c(-c3cncc(C(F)(F)F)c3)cc2NC(=O)c2cn(C)c(=O)cc2C(F)(F)F)C[C@@H](C)N1C. The van der Waals surface area contributed by atoms with Crippen molar-refractivity contribution in [2.75, 3.05) is 30.4 Å². The lowest BCUT2D eigenvalue weighted by molar-refractivity contribution is -0.138. The molecule has 1 fully saturated rings. The maximum absolute atomic E-state index is 15.5. The summed E-state index contributed by atoms with van der Waals surface area (Å²) in [4.78, 5) is 32.5. The summed E-state index contributed by atoms with van der Waals surface area (Å²) in [5, 5.41) is 2.39. The number of nitrogens with one attached hydrogen (secondary N) is 1. The minimum Gasteiger partial charge on any atom is -0.367 e. The molecular weight excluding hydrogens is 559 g/mol. The number of likely N-dealkylation sites (N-methyl/N-ethyl adjacent to an activating group) is 1. The van der Waals surface area contributed by atoms with Crippen LogP contribution in [0.25, 0.3) is 11.1 Å². The number of carbonyl (C=O) groups excluding carboxylic acids is 1. The van der Waals surface area contributed by atoms with E-state index >= 15 is 4.39 Å². The number of pyridine rings is 2. The number of amides is 1. The fourth-order valence-corrected chi connectivity index (χ4v) is 4.72. The van der Waals surface area contributed by atoms with Crippen LogP contribution >= 0.6 is 0 Å². The summed E-state index contributed by atoms with van der Waals surface area (Å²) in [7, 11) is 3.08. The number of hydrogen-bond acceptors (Lipinski definition) is 5. The lowest BCUT2D eigenvalue weighted by atomic mass is 10.0. The Bertz CT molecular complexity index is 1520. The normalized spacial score (nSPS) is 18.5. The average Bonchev–Trinajstić information content (AvgIpc) is 2.88. The van der Waals surface area contributed by atoms with E-state index in [1.54, 1.807) is 4.90 Å². The summed E-state index contributed by atoms with van der Waals surface area (Å²) in [6.07, 6.45) is -7.48. The highest BCUT2D eigenvalue weighted by molar-refractivity contribution is 6.07. The van der Waals surface area contributed by atoms with E-state index in [2.05, 4.69) is 15.2 Å². The van der Waals surface area contributed by atoms with Gasteiger partial charge in [-0.2, -0.15) is 26.3 Å². The predicted octanol–water partition coefficient (Wildman–Crippen LogP) is 5.41. The van der Waals surface area contributed by atoms with Gasteiger partial charge in [-0.1, -0.05) is 0 Å². The Labute approximate surface area is 230 Å². The van der Waals surface area contributed by atoms with E-state index in [-0.39, 0.29) is 34.6 Å². The highest BCUT2D eigenvalue weighted by Gasteiger charge is 2.37. The van der Waals surface area contributed by atoms with E-state index in [4.69, 9.17) is 0 Å². The van der Waals surface area contributed by atoms with Crippen molar-refractivity contribution in [1.29, 1.82) is 0 Å². The van der Waals surface area contributed by atoms with Gasteiger partial charge in [-0.25, -0.2) is 4.39 Å². The number of hydrogen-bond donors (Lipinski definition) is 1. The zero-order valence-corrected chi connectivity index (χ0v) is 22.4. The fraction of sp³-hybridized carbons (Fsp3) is 0.370. The van der Waals surface area contributed by atoms with Crippen LogP contribution in [0.4, 0.5) is 42.1 Å². The molecule has 0 radical (unpaired) electrons. The molecule has 1 N–H and O–H groups in total. The average molecular weight is 586 g/mol. The zero-order chi connectivity index (χ0) is 30.4. The number of aromatic nitrogens is 2. The van der Waals surface area contributed by atoms with Gasteiger partial charge in [-0.15, -0.1) is 0 Å². The van der Waals surface area contributed by atoms with E-state index in [9.17, 15) is 35.9 Å². The third-order valence-corrected chi connectivity index (χ3v) is 7.19. The number of alkyl halides is 6.